The molecule has 1 aliphatic heterocycles. The summed E-state index contributed by atoms with van der Waals surface area (Å²) in [5, 5.41) is 41.8. The molecule has 2 heterocycles. The molecule has 15 heteroatoms. The smallest absolute Gasteiger partial charge is 0.353 e. The maximum absolute atomic E-state index is 13.3. The van der Waals surface area contributed by atoms with E-state index in [9.17, 15) is 34.2 Å². The number of aromatic nitrogens is 1. The first-order chi connectivity index (χ1) is 22.3. The Hall–Kier alpha value is -3.79. The van der Waals surface area contributed by atoms with Crippen molar-refractivity contribution in [2.75, 3.05) is 5.75 Å². The quantitative estimate of drug-likeness (QED) is 0.0746. The van der Waals surface area contributed by atoms with Crippen molar-refractivity contribution in [3.8, 4) is 0 Å². The molecule has 0 bridgehead atoms. The standard InChI is InChI=1S/C32H42N4O10S/c1-2-31(10-3-4-11-31)25(24-20-6-5-19(16-21(20)29(42)46-24)15-18-8-13-34-14-9-18)47-17-22(26(38)36-27(39)28(40)41)35-23(37)7-12-32(33,45)30(43)44/h8-9,13-14,16,21-22,25,27,39,45H,2-7,10-12,15,17,33H2,1H3,(H,35,37)(H,36,38)(H,40,41)(H,43,44)/t21-,22+,25+,27+,32-/m1/s1. The average Bonchev–Trinajstić information content (AvgIpc) is 3.65. The third-order valence-corrected chi connectivity index (χ3v) is 10.8. The fraction of sp³-hybridized carbons (Fsp3) is 0.562. The minimum atomic E-state index is -2.67. The van der Waals surface area contributed by atoms with Crippen LogP contribution in [0.4, 0.5) is 0 Å². The highest BCUT2D eigenvalue weighted by atomic mass is 32.2. The highest BCUT2D eigenvalue weighted by molar-refractivity contribution is 8.00. The number of cyclic esters (lactones) is 1. The number of thioether (sulfide) groups is 1. The van der Waals surface area contributed by atoms with Crippen LogP contribution in [-0.2, 0) is 35.1 Å². The SMILES string of the molecule is CCC1([C@@H](SC[C@H](NC(=O)CC[C@@](N)(O)C(=O)O)C(=O)N[C@@H](O)C(=O)O)C2=C3CCC(Cc4ccncc4)=C[C@H]3C(=O)O2)CCCC1. The predicted molar refractivity (Wildman–Crippen MR) is 169 cm³/mol. The van der Waals surface area contributed by atoms with Crippen LogP contribution in [0.5, 0.6) is 0 Å². The average molecular weight is 675 g/mol. The zero-order valence-corrected chi connectivity index (χ0v) is 27.0. The number of rotatable bonds is 16. The number of nitrogens with two attached hydrogens (primary N) is 1. The van der Waals surface area contributed by atoms with Crippen molar-refractivity contribution in [2.45, 2.75) is 94.4 Å². The van der Waals surface area contributed by atoms with Gasteiger partial charge in [-0.2, -0.15) is 0 Å². The maximum Gasteiger partial charge on any atom is 0.353 e. The Morgan fingerprint density at radius 1 is 1.15 bits per heavy atom. The lowest BCUT2D eigenvalue weighted by Crippen LogP contribution is -2.54. The summed E-state index contributed by atoms with van der Waals surface area (Å²) in [6.45, 7) is 2.07. The number of aliphatic hydroxyl groups is 2. The van der Waals surface area contributed by atoms with Gasteiger partial charge in [-0.05, 0) is 67.2 Å². The number of nitrogens with zero attached hydrogens (tertiary/aromatic N) is 1. The van der Waals surface area contributed by atoms with Crippen LogP contribution >= 0.6 is 11.8 Å². The van der Waals surface area contributed by atoms with Crippen molar-refractivity contribution in [3.05, 3.63) is 53.1 Å². The number of pyridine rings is 1. The van der Waals surface area contributed by atoms with Crippen LogP contribution in [0.1, 0.15) is 70.3 Å². The Bertz CT molecular complexity index is 1420. The number of allylic oxidation sites excluding steroid dienone is 1. The van der Waals surface area contributed by atoms with Crippen LogP contribution in [0.3, 0.4) is 0 Å². The van der Waals surface area contributed by atoms with E-state index in [-0.39, 0.29) is 22.4 Å². The van der Waals surface area contributed by atoms with Crippen LogP contribution in [0, 0.1) is 11.3 Å². The Kier molecular flexibility index (Phi) is 11.8. The molecule has 256 valence electrons. The normalized spacial score (nSPS) is 21.8. The number of carbonyl (C=O) groups is 5. The summed E-state index contributed by atoms with van der Waals surface area (Å²) < 4.78 is 6.04. The molecule has 0 aromatic carbocycles. The van der Waals surface area contributed by atoms with Crippen LogP contribution in [0.15, 0.2) is 47.5 Å². The molecule has 0 unspecified atom stereocenters. The summed E-state index contributed by atoms with van der Waals surface area (Å²) in [5.74, 6) is -5.66. The molecular formula is C32H42N4O10S. The van der Waals surface area contributed by atoms with Crippen molar-refractivity contribution in [1.29, 1.82) is 0 Å². The first-order valence-electron chi connectivity index (χ1n) is 15.7. The molecule has 0 spiro atoms. The van der Waals surface area contributed by atoms with Crippen molar-refractivity contribution >= 4 is 41.5 Å². The molecule has 5 atom stereocenters. The lowest BCUT2D eigenvalue weighted by Gasteiger charge is -2.38. The number of carboxylic acid groups (broad SMARTS) is 2. The topological polar surface area (TPSA) is 238 Å². The molecule has 47 heavy (non-hydrogen) atoms. The monoisotopic (exact) mass is 674 g/mol. The molecule has 1 aromatic rings. The number of carbonyl (C=O) groups excluding carboxylic acids is 3. The predicted octanol–water partition coefficient (Wildman–Crippen LogP) is 1.36. The number of hydrogen-bond acceptors (Lipinski definition) is 11. The van der Waals surface area contributed by atoms with Crippen LogP contribution < -0.4 is 16.4 Å². The number of amides is 2. The van der Waals surface area contributed by atoms with Gasteiger partial charge in [0.25, 0.3) is 0 Å². The molecule has 2 aliphatic carbocycles. The highest BCUT2D eigenvalue weighted by Crippen LogP contribution is 2.54. The van der Waals surface area contributed by atoms with Gasteiger partial charge in [-0.25, -0.2) is 9.59 Å². The van der Waals surface area contributed by atoms with Crippen LogP contribution in [-0.4, -0.2) is 84.1 Å². The lowest BCUT2D eigenvalue weighted by molar-refractivity contribution is -0.159. The maximum atomic E-state index is 13.3. The largest absolute Gasteiger partial charge is 0.478 e. The molecule has 3 aliphatic rings. The molecule has 1 saturated carbocycles. The Morgan fingerprint density at radius 2 is 1.83 bits per heavy atom. The van der Waals surface area contributed by atoms with Gasteiger partial charge in [-0.1, -0.05) is 31.4 Å². The minimum absolute atomic E-state index is 0.0930. The van der Waals surface area contributed by atoms with Gasteiger partial charge in [-0.3, -0.25) is 25.1 Å². The van der Waals surface area contributed by atoms with E-state index in [4.69, 9.17) is 20.7 Å². The highest BCUT2D eigenvalue weighted by Gasteiger charge is 2.49. The molecular weight excluding hydrogens is 632 g/mol. The molecule has 8 N–H and O–H groups in total. The summed E-state index contributed by atoms with van der Waals surface area (Å²) in [5.41, 5.74) is 5.49. The van der Waals surface area contributed by atoms with E-state index >= 15 is 0 Å². The summed E-state index contributed by atoms with van der Waals surface area (Å²) in [6, 6.07) is 2.50. The number of nitrogens with one attached hydrogen (secondary N) is 2. The molecule has 14 nitrogen and oxygen atoms in total. The first-order valence-corrected chi connectivity index (χ1v) is 16.7. The molecule has 1 aromatic heterocycles. The van der Waals surface area contributed by atoms with Gasteiger partial charge in [0.05, 0.1) is 5.25 Å². The van der Waals surface area contributed by atoms with Crippen molar-refractivity contribution < 1.29 is 49.1 Å². The molecule has 2 amide bonds. The number of hydrogen-bond donors (Lipinski definition) is 7. The number of carboxylic acids is 2. The minimum Gasteiger partial charge on any atom is -0.478 e. The molecule has 0 saturated heterocycles. The van der Waals surface area contributed by atoms with E-state index in [1.807, 2.05) is 23.5 Å². The van der Waals surface area contributed by atoms with E-state index in [2.05, 4.69) is 17.2 Å². The second-order valence-corrected chi connectivity index (χ2v) is 13.5. The van der Waals surface area contributed by atoms with E-state index in [0.29, 0.717) is 18.6 Å². The summed E-state index contributed by atoms with van der Waals surface area (Å²) >= 11 is 1.31. The molecule has 1 fully saturated rings. The van der Waals surface area contributed by atoms with Gasteiger partial charge in [-0.15, -0.1) is 11.8 Å². The first kappa shape index (κ1) is 36.1. The van der Waals surface area contributed by atoms with Crippen LogP contribution in [0.25, 0.3) is 0 Å². The number of aliphatic carboxylic acids is 2. The lowest BCUT2D eigenvalue weighted by atomic mass is 9.76. The third-order valence-electron chi connectivity index (χ3n) is 9.25. The van der Waals surface area contributed by atoms with E-state index in [1.54, 1.807) is 12.4 Å². The Balaban J connectivity index is 1.59. The second-order valence-electron chi connectivity index (χ2n) is 12.4. The van der Waals surface area contributed by atoms with Gasteiger partial charge in [0.1, 0.15) is 17.7 Å². The van der Waals surface area contributed by atoms with E-state index in [1.165, 1.54) is 11.8 Å². The van der Waals surface area contributed by atoms with E-state index < -0.39 is 60.5 Å². The Labute approximate surface area is 276 Å². The second kappa shape index (κ2) is 15.4. The van der Waals surface area contributed by atoms with Gasteiger partial charge < -0.3 is 35.8 Å². The summed E-state index contributed by atoms with van der Waals surface area (Å²) in [6.07, 6.45) is 8.45. The van der Waals surface area contributed by atoms with Gasteiger partial charge in [0, 0.05) is 31.0 Å². The zero-order valence-electron chi connectivity index (χ0n) is 26.1. The van der Waals surface area contributed by atoms with Crippen molar-refractivity contribution in [2.24, 2.45) is 17.1 Å². The third kappa shape index (κ3) is 8.77. The van der Waals surface area contributed by atoms with Gasteiger partial charge in [0.15, 0.2) is 0 Å². The van der Waals surface area contributed by atoms with Gasteiger partial charge in [0.2, 0.25) is 23.8 Å². The number of esters is 1. The summed E-state index contributed by atoms with van der Waals surface area (Å²) in [4.78, 5) is 65.7. The Morgan fingerprint density at radius 3 is 2.45 bits per heavy atom. The van der Waals surface area contributed by atoms with Gasteiger partial charge >= 0.3 is 17.9 Å². The zero-order chi connectivity index (χ0) is 34.4. The molecule has 0 radical (unpaired) electrons. The number of aliphatic hydroxyl groups excluding tert-OH is 1. The number of ether oxygens (including phenoxy) is 1. The summed E-state index contributed by atoms with van der Waals surface area (Å²) in [7, 11) is 0. The van der Waals surface area contributed by atoms with Crippen molar-refractivity contribution in [1.82, 2.24) is 15.6 Å². The molecule has 4 rings (SSSR count). The van der Waals surface area contributed by atoms with Crippen LogP contribution in [0.2, 0.25) is 0 Å². The fourth-order valence-electron chi connectivity index (χ4n) is 6.49. The van der Waals surface area contributed by atoms with Crippen molar-refractivity contribution in [3.63, 3.8) is 0 Å². The number of fused-ring (bicyclic) bond motifs is 1. The fourth-order valence-corrected chi connectivity index (χ4v) is 8.21. The van der Waals surface area contributed by atoms with E-state index in [0.717, 1.165) is 55.2 Å².